The molecule has 0 unspecified atom stereocenters. The van der Waals surface area contributed by atoms with Crippen molar-refractivity contribution in [1.82, 2.24) is 15.1 Å². The maximum absolute atomic E-state index is 5.95. The van der Waals surface area contributed by atoms with Gasteiger partial charge in [-0.15, -0.1) is 0 Å². The van der Waals surface area contributed by atoms with Crippen molar-refractivity contribution in [3.63, 3.8) is 0 Å². The Labute approximate surface area is 96.6 Å². The van der Waals surface area contributed by atoms with Gasteiger partial charge in [0.25, 0.3) is 0 Å². The Morgan fingerprint density at radius 1 is 1.38 bits per heavy atom. The van der Waals surface area contributed by atoms with Gasteiger partial charge in [0.05, 0.1) is 10.6 Å². The first-order valence-electron chi connectivity index (χ1n) is 4.92. The summed E-state index contributed by atoms with van der Waals surface area (Å²) in [4.78, 5) is 8.34. The zero-order chi connectivity index (χ0) is 11.2. The SMILES string of the molecule is NC1(c2nc(-c3ccc(Cl)cn3)no2)CC1. The highest BCUT2D eigenvalue weighted by molar-refractivity contribution is 6.30. The van der Waals surface area contributed by atoms with Crippen molar-refractivity contribution < 1.29 is 4.52 Å². The van der Waals surface area contributed by atoms with Crippen molar-refractivity contribution in [3.05, 3.63) is 29.2 Å². The van der Waals surface area contributed by atoms with Gasteiger partial charge in [-0.3, -0.25) is 4.98 Å². The molecule has 3 rings (SSSR count). The number of nitrogens with two attached hydrogens (primary N) is 1. The molecular formula is C10H9ClN4O. The van der Waals surface area contributed by atoms with Gasteiger partial charge in [-0.2, -0.15) is 4.98 Å². The molecule has 0 atom stereocenters. The average molecular weight is 237 g/mol. The van der Waals surface area contributed by atoms with Crippen LogP contribution in [-0.2, 0) is 5.54 Å². The van der Waals surface area contributed by atoms with E-state index in [1.807, 2.05) is 0 Å². The van der Waals surface area contributed by atoms with Gasteiger partial charge in [0.2, 0.25) is 11.7 Å². The summed E-state index contributed by atoms with van der Waals surface area (Å²) in [5, 5.41) is 4.42. The molecule has 0 amide bonds. The number of hydrogen-bond acceptors (Lipinski definition) is 5. The highest BCUT2D eigenvalue weighted by Gasteiger charge is 2.45. The van der Waals surface area contributed by atoms with Crippen LogP contribution in [-0.4, -0.2) is 15.1 Å². The van der Waals surface area contributed by atoms with Crippen LogP contribution >= 0.6 is 11.6 Å². The van der Waals surface area contributed by atoms with Gasteiger partial charge in [-0.25, -0.2) is 0 Å². The van der Waals surface area contributed by atoms with Crippen LogP contribution in [0.5, 0.6) is 0 Å². The maximum atomic E-state index is 5.95. The van der Waals surface area contributed by atoms with Crippen molar-refractivity contribution in [2.24, 2.45) is 5.73 Å². The summed E-state index contributed by atoms with van der Waals surface area (Å²) in [5.41, 5.74) is 6.17. The van der Waals surface area contributed by atoms with Crippen molar-refractivity contribution in [1.29, 1.82) is 0 Å². The highest BCUT2D eigenvalue weighted by Crippen LogP contribution is 2.41. The molecule has 1 aliphatic carbocycles. The molecule has 2 aromatic rings. The van der Waals surface area contributed by atoms with Crippen LogP contribution in [0.1, 0.15) is 18.7 Å². The van der Waals surface area contributed by atoms with E-state index < -0.39 is 5.54 Å². The number of halogens is 1. The number of nitrogens with zero attached hydrogens (tertiary/aromatic N) is 3. The Balaban J connectivity index is 1.95. The fraction of sp³-hybridized carbons (Fsp3) is 0.300. The van der Waals surface area contributed by atoms with E-state index >= 15 is 0 Å². The summed E-state index contributed by atoms with van der Waals surface area (Å²) in [6.07, 6.45) is 3.33. The average Bonchev–Trinajstić information content (AvgIpc) is 2.84. The lowest BCUT2D eigenvalue weighted by molar-refractivity contribution is 0.348. The predicted molar refractivity (Wildman–Crippen MR) is 57.6 cm³/mol. The lowest BCUT2D eigenvalue weighted by atomic mass is 10.3. The maximum Gasteiger partial charge on any atom is 0.247 e. The molecule has 2 N–H and O–H groups in total. The topological polar surface area (TPSA) is 77.8 Å². The standard InChI is InChI=1S/C10H9ClN4O/c11-6-1-2-7(13-5-6)8-14-9(16-15-8)10(12)3-4-10/h1-2,5H,3-4,12H2. The van der Waals surface area contributed by atoms with E-state index in [9.17, 15) is 0 Å². The fourth-order valence-electron chi connectivity index (χ4n) is 1.39. The van der Waals surface area contributed by atoms with Gasteiger partial charge in [0.15, 0.2) is 0 Å². The summed E-state index contributed by atoms with van der Waals surface area (Å²) < 4.78 is 5.12. The molecule has 2 heterocycles. The Morgan fingerprint density at radius 2 is 2.19 bits per heavy atom. The molecule has 1 fully saturated rings. The number of aromatic nitrogens is 3. The third kappa shape index (κ3) is 1.58. The van der Waals surface area contributed by atoms with Gasteiger partial charge in [0.1, 0.15) is 5.69 Å². The van der Waals surface area contributed by atoms with Crippen LogP contribution in [0.15, 0.2) is 22.9 Å². The fourth-order valence-corrected chi connectivity index (χ4v) is 1.50. The molecule has 0 aromatic carbocycles. The molecule has 82 valence electrons. The van der Waals surface area contributed by atoms with E-state index in [0.717, 1.165) is 12.8 Å². The van der Waals surface area contributed by atoms with Gasteiger partial charge in [-0.05, 0) is 25.0 Å². The summed E-state index contributed by atoms with van der Waals surface area (Å²) in [7, 11) is 0. The summed E-state index contributed by atoms with van der Waals surface area (Å²) in [6.45, 7) is 0. The first-order chi connectivity index (χ1) is 7.67. The lowest BCUT2D eigenvalue weighted by Gasteiger charge is -1.97. The minimum absolute atomic E-state index is 0.405. The molecule has 1 aliphatic rings. The second kappa shape index (κ2) is 3.26. The molecule has 0 bridgehead atoms. The number of rotatable bonds is 2. The van der Waals surface area contributed by atoms with E-state index in [-0.39, 0.29) is 0 Å². The molecule has 1 saturated carbocycles. The van der Waals surface area contributed by atoms with E-state index in [1.54, 1.807) is 18.3 Å². The molecule has 0 radical (unpaired) electrons. The smallest absolute Gasteiger partial charge is 0.247 e. The molecule has 0 aliphatic heterocycles. The van der Waals surface area contributed by atoms with Crippen LogP contribution in [0.25, 0.3) is 11.5 Å². The van der Waals surface area contributed by atoms with Gasteiger partial charge in [0, 0.05) is 6.20 Å². The molecule has 0 saturated heterocycles. The van der Waals surface area contributed by atoms with Crippen LogP contribution in [0, 0.1) is 0 Å². The van der Waals surface area contributed by atoms with Crippen molar-refractivity contribution in [2.45, 2.75) is 18.4 Å². The number of hydrogen-bond donors (Lipinski definition) is 1. The van der Waals surface area contributed by atoms with E-state index in [1.165, 1.54) is 0 Å². The molecular weight excluding hydrogens is 228 g/mol. The minimum atomic E-state index is -0.405. The van der Waals surface area contributed by atoms with Gasteiger partial charge in [-0.1, -0.05) is 16.8 Å². The Kier molecular flexibility index (Phi) is 1.99. The van der Waals surface area contributed by atoms with Gasteiger partial charge < -0.3 is 10.3 Å². The minimum Gasteiger partial charge on any atom is -0.337 e. The Hall–Kier alpha value is -1.46. The number of pyridine rings is 1. The highest BCUT2D eigenvalue weighted by atomic mass is 35.5. The third-order valence-electron chi connectivity index (χ3n) is 2.60. The zero-order valence-electron chi connectivity index (χ0n) is 8.35. The first kappa shape index (κ1) is 9.74. The quantitative estimate of drug-likeness (QED) is 0.859. The van der Waals surface area contributed by atoms with Crippen LogP contribution in [0.4, 0.5) is 0 Å². The summed E-state index contributed by atoms with van der Waals surface area (Å²) in [5.74, 6) is 0.933. The van der Waals surface area contributed by atoms with Crippen molar-refractivity contribution in [3.8, 4) is 11.5 Å². The predicted octanol–water partition coefficient (Wildman–Crippen LogP) is 1.73. The first-order valence-corrected chi connectivity index (χ1v) is 5.30. The summed E-state index contributed by atoms with van der Waals surface area (Å²) in [6, 6.07) is 3.47. The van der Waals surface area contributed by atoms with Crippen LogP contribution in [0.3, 0.4) is 0 Å². The molecule has 0 spiro atoms. The van der Waals surface area contributed by atoms with Crippen LogP contribution in [0.2, 0.25) is 5.02 Å². The van der Waals surface area contributed by atoms with Crippen LogP contribution < -0.4 is 5.73 Å². The normalized spacial score (nSPS) is 17.4. The lowest BCUT2D eigenvalue weighted by Crippen LogP contribution is -2.18. The second-order valence-electron chi connectivity index (χ2n) is 3.94. The van der Waals surface area contributed by atoms with E-state index in [2.05, 4.69) is 15.1 Å². The molecule has 16 heavy (non-hydrogen) atoms. The largest absolute Gasteiger partial charge is 0.337 e. The monoisotopic (exact) mass is 236 g/mol. The van der Waals surface area contributed by atoms with Crippen molar-refractivity contribution in [2.75, 3.05) is 0 Å². The molecule has 5 nitrogen and oxygen atoms in total. The Morgan fingerprint density at radius 3 is 2.81 bits per heavy atom. The van der Waals surface area contributed by atoms with Gasteiger partial charge >= 0.3 is 0 Å². The summed E-state index contributed by atoms with van der Waals surface area (Å²) >= 11 is 5.74. The Bertz CT molecular complexity index is 518. The third-order valence-corrected chi connectivity index (χ3v) is 2.82. The second-order valence-corrected chi connectivity index (χ2v) is 4.38. The molecule has 2 aromatic heterocycles. The van der Waals surface area contributed by atoms with E-state index in [0.29, 0.717) is 22.4 Å². The van der Waals surface area contributed by atoms with E-state index in [4.69, 9.17) is 21.9 Å². The van der Waals surface area contributed by atoms with Crippen molar-refractivity contribution >= 4 is 11.6 Å². The zero-order valence-corrected chi connectivity index (χ0v) is 9.11. The molecule has 6 heteroatoms.